The van der Waals surface area contributed by atoms with E-state index >= 15 is 0 Å². The Kier molecular flexibility index (Phi) is 3.66. The first-order valence-electron chi connectivity index (χ1n) is 5.40. The highest BCUT2D eigenvalue weighted by Crippen LogP contribution is 2.11. The molecule has 0 saturated carbocycles. The second-order valence-electron chi connectivity index (χ2n) is 3.66. The van der Waals surface area contributed by atoms with Crippen molar-refractivity contribution < 1.29 is 14.3 Å². The molecule has 1 aromatic rings. The van der Waals surface area contributed by atoms with Gasteiger partial charge in [0, 0.05) is 12.8 Å². The standard InChI is InChI=1S/C11H13N3O3/c15-10(8-4-1-2-6-12-8)13-14-11(16)9-5-3-7-17-9/h1-2,4,6,9H,3,5,7H2,(H,13,15)(H,14,16). The SMILES string of the molecule is O=C(NNC(=O)C1CCCO1)c1ccccn1. The predicted octanol–water partition coefficient (Wildman–Crippen LogP) is 0.0216. The third-order valence-electron chi connectivity index (χ3n) is 2.42. The van der Waals surface area contributed by atoms with Gasteiger partial charge < -0.3 is 4.74 Å². The number of carbonyl (C=O) groups excluding carboxylic acids is 2. The molecule has 90 valence electrons. The number of nitrogens with zero attached hydrogens (tertiary/aromatic N) is 1. The second-order valence-corrected chi connectivity index (χ2v) is 3.66. The summed E-state index contributed by atoms with van der Waals surface area (Å²) in [5, 5.41) is 0. The summed E-state index contributed by atoms with van der Waals surface area (Å²) in [7, 11) is 0. The fraction of sp³-hybridized carbons (Fsp3) is 0.364. The van der Waals surface area contributed by atoms with Crippen LogP contribution in [0.5, 0.6) is 0 Å². The van der Waals surface area contributed by atoms with Gasteiger partial charge in [-0.25, -0.2) is 0 Å². The van der Waals surface area contributed by atoms with E-state index in [1.807, 2.05) is 0 Å². The number of hydrazine groups is 1. The molecule has 0 aromatic carbocycles. The summed E-state index contributed by atoms with van der Waals surface area (Å²) in [6.07, 6.45) is 2.60. The number of aromatic nitrogens is 1. The molecule has 1 unspecified atom stereocenters. The molecule has 2 rings (SSSR count). The molecule has 0 spiro atoms. The molecule has 0 radical (unpaired) electrons. The largest absolute Gasteiger partial charge is 0.368 e. The minimum Gasteiger partial charge on any atom is -0.368 e. The lowest BCUT2D eigenvalue weighted by molar-refractivity contribution is -0.130. The summed E-state index contributed by atoms with van der Waals surface area (Å²) in [6, 6.07) is 4.97. The fourth-order valence-electron chi connectivity index (χ4n) is 1.54. The number of amides is 2. The third kappa shape index (κ3) is 3.01. The Morgan fingerprint density at radius 2 is 2.24 bits per heavy atom. The molecule has 1 fully saturated rings. The van der Waals surface area contributed by atoms with Gasteiger partial charge in [0.05, 0.1) is 0 Å². The van der Waals surface area contributed by atoms with Gasteiger partial charge in [0.1, 0.15) is 11.8 Å². The summed E-state index contributed by atoms with van der Waals surface area (Å²) in [5.74, 6) is -0.774. The number of carbonyl (C=O) groups is 2. The van der Waals surface area contributed by atoms with E-state index in [1.165, 1.54) is 6.20 Å². The van der Waals surface area contributed by atoms with Crippen LogP contribution in [0.15, 0.2) is 24.4 Å². The molecule has 1 aliphatic heterocycles. The maximum Gasteiger partial charge on any atom is 0.288 e. The molecular formula is C11H13N3O3. The molecule has 0 bridgehead atoms. The van der Waals surface area contributed by atoms with E-state index in [-0.39, 0.29) is 11.6 Å². The van der Waals surface area contributed by atoms with Crippen LogP contribution in [0.3, 0.4) is 0 Å². The van der Waals surface area contributed by atoms with Crippen LogP contribution in [0.25, 0.3) is 0 Å². The van der Waals surface area contributed by atoms with Gasteiger partial charge >= 0.3 is 0 Å². The molecule has 1 atom stereocenters. The molecule has 2 amide bonds. The van der Waals surface area contributed by atoms with Gasteiger partial charge in [-0.15, -0.1) is 0 Å². The smallest absolute Gasteiger partial charge is 0.288 e. The van der Waals surface area contributed by atoms with E-state index in [0.717, 1.165) is 6.42 Å². The molecule has 1 aromatic heterocycles. The molecule has 0 aliphatic carbocycles. The Bertz CT molecular complexity index is 402. The Morgan fingerprint density at radius 1 is 1.35 bits per heavy atom. The average Bonchev–Trinajstić information content (AvgIpc) is 2.90. The quantitative estimate of drug-likeness (QED) is 0.708. The van der Waals surface area contributed by atoms with Crippen LogP contribution in [0.4, 0.5) is 0 Å². The van der Waals surface area contributed by atoms with Crippen molar-refractivity contribution in [2.24, 2.45) is 0 Å². The Balaban J connectivity index is 1.82. The van der Waals surface area contributed by atoms with Gasteiger partial charge in [-0.3, -0.25) is 25.4 Å². The highest BCUT2D eigenvalue weighted by atomic mass is 16.5. The van der Waals surface area contributed by atoms with E-state index in [9.17, 15) is 9.59 Å². The van der Waals surface area contributed by atoms with Crippen LogP contribution in [-0.4, -0.2) is 29.5 Å². The first-order valence-corrected chi connectivity index (χ1v) is 5.40. The second kappa shape index (κ2) is 5.40. The summed E-state index contributed by atoms with van der Waals surface area (Å²) < 4.78 is 5.17. The highest BCUT2D eigenvalue weighted by Gasteiger charge is 2.23. The number of nitrogens with one attached hydrogen (secondary N) is 2. The number of hydrogen-bond donors (Lipinski definition) is 2. The third-order valence-corrected chi connectivity index (χ3v) is 2.42. The highest BCUT2D eigenvalue weighted by molar-refractivity contribution is 5.94. The maximum atomic E-state index is 11.5. The average molecular weight is 235 g/mol. The van der Waals surface area contributed by atoms with Crippen molar-refractivity contribution in [2.75, 3.05) is 6.61 Å². The normalized spacial score (nSPS) is 18.7. The van der Waals surface area contributed by atoms with Gasteiger partial charge in [-0.1, -0.05) is 6.07 Å². The zero-order chi connectivity index (χ0) is 12.1. The van der Waals surface area contributed by atoms with E-state index in [2.05, 4.69) is 15.8 Å². The van der Waals surface area contributed by atoms with E-state index in [4.69, 9.17) is 4.74 Å². The van der Waals surface area contributed by atoms with Gasteiger partial charge in [0.25, 0.3) is 11.8 Å². The van der Waals surface area contributed by atoms with Crippen LogP contribution in [0.2, 0.25) is 0 Å². The minimum absolute atomic E-state index is 0.250. The van der Waals surface area contributed by atoms with Crippen molar-refractivity contribution in [3.8, 4) is 0 Å². The molecule has 6 nitrogen and oxygen atoms in total. The summed E-state index contributed by atoms with van der Waals surface area (Å²) in [5.41, 5.74) is 4.86. The van der Waals surface area contributed by atoms with Gasteiger partial charge in [0.2, 0.25) is 0 Å². The van der Waals surface area contributed by atoms with Gasteiger partial charge in [-0.05, 0) is 25.0 Å². The lowest BCUT2D eigenvalue weighted by atomic mass is 10.2. The van der Waals surface area contributed by atoms with Crippen LogP contribution in [0.1, 0.15) is 23.3 Å². The first kappa shape index (κ1) is 11.5. The van der Waals surface area contributed by atoms with Crippen LogP contribution < -0.4 is 10.9 Å². The Morgan fingerprint density at radius 3 is 2.88 bits per heavy atom. The molecule has 1 saturated heterocycles. The van der Waals surface area contributed by atoms with E-state index in [0.29, 0.717) is 13.0 Å². The topological polar surface area (TPSA) is 80.3 Å². The first-order chi connectivity index (χ1) is 8.27. The molecule has 17 heavy (non-hydrogen) atoms. The summed E-state index contributed by atoms with van der Waals surface area (Å²) >= 11 is 0. The number of ether oxygens (including phenoxy) is 1. The van der Waals surface area contributed by atoms with Crippen LogP contribution >= 0.6 is 0 Å². The lowest BCUT2D eigenvalue weighted by Gasteiger charge is -2.10. The molecule has 2 N–H and O–H groups in total. The van der Waals surface area contributed by atoms with Crippen molar-refractivity contribution >= 4 is 11.8 Å². The number of pyridine rings is 1. The van der Waals surface area contributed by atoms with Gasteiger partial charge in [-0.2, -0.15) is 0 Å². The van der Waals surface area contributed by atoms with Crippen LogP contribution in [0, 0.1) is 0 Å². The Labute approximate surface area is 98.3 Å². The lowest BCUT2D eigenvalue weighted by Crippen LogP contribution is -2.46. The summed E-state index contributed by atoms with van der Waals surface area (Å²) in [4.78, 5) is 26.9. The van der Waals surface area contributed by atoms with Crippen molar-refractivity contribution in [3.63, 3.8) is 0 Å². The minimum atomic E-state index is -0.459. The Hall–Kier alpha value is -1.95. The van der Waals surface area contributed by atoms with Crippen molar-refractivity contribution in [1.82, 2.24) is 15.8 Å². The monoisotopic (exact) mass is 235 g/mol. The zero-order valence-electron chi connectivity index (χ0n) is 9.18. The van der Waals surface area contributed by atoms with E-state index < -0.39 is 12.0 Å². The van der Waals surface area contributed by atoms with E-state index in [1.54, 1.807) is 18.2 Å². The summed E-state index contributed by atoms with van der Waals surface area (Å²) in [6.45, 7) is 0.590. The van der Waals surface area contributed by atoms with Crippen molar-refractivity contribution in [3.05, 3.63) is 30.1 Å². The van der Waals surface area contributed by atoms with Crippen molar-refractivity contribution in [2.45, 2.75) is 18.9 Å². The molecule has 1 aliphatic rings. The fourth-order valence-corrected chi connectivity index (χ4v) is 1.54. The number of rotatable bonds is 2. The molecule has 2 heterocycles. The molecule has 6 heteroatoms. The number of hydrogen-bond acceptors (Lipinski definition) is 4. The van der Waals surface area contributed by atoms with Crippen LogP contribution in [-0.2, 0) is 9.53 Å². The maximum absolute atomic E-state index is 11.5. The zero-order valence-corrected chi connectivity index (χ0v) is 9.18. The van der Waals surface area contributed by atoms with Gasteiger partial charge in [0.15, 0.2) is 0 Å². The predicted molar refractivity (Wildman–Crippen MR) is 58.8 cm³/mol. The molecular weight excluding hydrogens is 222 g/mol. The van der Waals surface area contributed by atoms with Crippen molar-refractivity contribution in [1.29, 1.82) is 0 Å².